The Morgan fingerprint density at radius 1 is 1.10 bits per heavy atom. The molecular formula is C13H11Cl2NO3S. The van der Waals surface area contributed by atoms with Gasteiger partial charge in [0.25, 0.3) is 10.0 Å². The van der Waals surface area contributed by atoms with Gasteiger partial charge in [-0.1, -0.05) is 35.3 Å². The molecule has 0 amide bonds. The SMILES string of the molecule is CN(c1ccccc1O)S(=O)(=O)c1ccc(Cl)cc1Cl. The number of phenols is 1. The summed E-state index contributed by atoms with van der Waals surface area (Å²) >= 11 is 11.7. The second kappa shape index (κ2) is 5.52. The molecule has 0 saturated heterocycles. The number of hydrogen-bond donors (Lipinski definition) is 1. The quantitative estimate of drug-likeness (QED) is 0.935. The van der Waals surface area contributed by atoms with Gasteiger partial charge in [-0.25, -0.2) is 8.42 Å². The van der Waals surface area contributed by atoms with E-state index in [1.54, 1.807) is 12.1 Å². The molecule has 1 N–H and O–H groups in total. The fourth-order valence-corrected chi connectivity index (χ4v) is 3.65. The lowest BCUT2D eigenvalue weighted by atomic mass is 10.3. The third kappa shape index (κ3) is 2.70. The van der Waals surface area contributed by atoms with Crippen molar-refractivity contribution in [3.05, 3.63) is 52.5 Å². The minimum Gasteiger partial charge on any atom is -0.506 e. The maximum Gasteiger partial charge on any atom is 0.265 e. The highest BCUT2D eigenvalue weighted by atomic mass is 35.5. The second-order valence-electron chi connectivity index (χ2n) is 4.04. The zero-order valence-electron chi connectivity index (χ0n) is 10.4. The highest BCUT2D eigenvalue weighted by Gasteiger charge is 2.25. The number of halogens is 2. The summed E-state index contributed by atoms with van der Waals surface area (Å²) in [6.45, 7) is 0. The molecule has 2 aromatic rings. The van der Waals surface area contributed by atoms with Crippen LogP contribution in [0.3, 0.4) is 0 Å². The average molecular weight is 332 g/mol. The molecular weight excluding hydrogens is 321 g/mol. The Hall–Kier alpha value is -1.43. The Morgan fingerprint density at radius 3 is 2.35 bits per heavy atom. The summed E-state index contributed by atoms with van der Waals surface area (Å²) in [6, 6.07) is 10.3. The van der Waals surface area contributed by atoms with Crippen molar-refractivity contribution in [2.24, 2.45) is 0 Å². The van der Waals surface area contributed by atoms with Crippen molar-refractivity contribution in [3.63, 3.8) is 0 Å². The third-order valence-corrected chi connectivity index (χ3v) is 5.24. The van der Waals surface area contributed by atoms with Crippen LogP contribution in [0.4, 0.5) is 5.69 Å². The molecule has 4 nitrogen and oxygen atoms in total. The molecule has 0 unspecified atom stereocenters. The summed E-state index contributed by atoms with van der Waals surface area (Å²) in [5.74, 6) is -0.135. The van der Waals surface area contributed by atoms with Gasteiger partial charge >= 0.3 is 0 Å². The van der Waals surface area contributed by atoms with Crippen LogP contribution in [-0.2, 0) is 10.0 Å². The van der Waals surface area contributed by atoms with E-state index < -0.39 is 10.0 Å². The summed E-state index contributed by atoms with van der Waals surface area (Å²) in [5, 5.41) is 10.1. The molecule has 0 saturated carbocycles. The van der Waals surface area contributed by atoms with Gasteiger partial charge in [-0.2, -0.15) is 0 Å². The molecule has 106 valence electrons. The maximum atomic E-state index is 12.5. The lowest BCUT2D eigenvalue weighted by molar-refractivity contribution is 0.476. The van der Waals surface area contributed by atoms with Crippen molar-refractivity contribution in [3.8, 4) is 5.75 Å². The van der Waals surface area contributed by atoms with Gasteiger partial charge < -0.3 is 5.11 Å². The number of para-hydroxylation sites is 2. The molecule has 0 aliphatic rings. The summed E-state index contributed by atoms with van der Waals surface area (Å²) in [5.41, 5.74) is 0.165. The normalized spacial score (nSPS) is 11.3. The van der Waals surface area contributed by atoms with Crippen LogP contribution in [0.1, 0.15) is 0 Å². The molecule has 0 fully saturated rings. The smallest absolute Gasteiger partial charge is 0.265 e. The molecule has 0 bridgehead atoms. The van der Waals surface area contributed by atoms with E-state index in [0.717, 1.165) is 4.31 Å². The molecule has 0 atom stereocenters. The molecule has 2 aromatic carbocycles. The zero-order valence-corrected chi connectivity index (χ0v) is 12.7. The van der Waals surface area contributed by atoms with Crippen LogP contribution in [0.25, 0.3) is 0 Å². The van der Waals surface area contributed by atoms with Crippen molar-refractivity contribution < 1.29 is 13.5 Å². The van der Waals surface area contributed by atoms with Crippen molar-refractivity contribution in [2.45, 2.75) is 4.90 Å². The zero-order chi connectivity index (χ0) is 14.9. The first-order chi connectivity index (χ1) is 9.34. The first kappa shape index (κ1) is 15.0. The van der Waals surface area contributed by atoms with Gasteiger partial charge in [0.05, 0.1) is 10.7 Å². The Bertz CT molecular complexity index is 747. The van der Waals surface area contributed by atoms with Crippen molar-refractivity contribution in [1.29, 1.82) is 0 Å². The molecule has 0 radical (unpaired) electrons. The number of phenolic OH excluding ortho intramolecular Hbond substituents is 1. The Morgan fingerprint density at radius 2 is 1.75 bits per heavy atom. The van der Waals surface area contributed by atoms with Crippen LogP contribution in [0, 0.1) is 0 Å². The van der Waals surface area contributed by atoms with Gasteiger partial charge in [0.15, 0.2) is 0 Å². The van der Waals surface area contributed by atoms with Gasteiger partial charge in [0, 0.05) is 12.1 Å². The summed E-state index contributed by atoms with van der Waals surface area (Å²) in [6.07, 6.45) is 0. The van der Waals surface area contributed by atoms with Crippen LogP contribution in [0.15, 0.2) is 47.4 Å². The number of aromatic hydroxyl groups is 1. The van der Waals surface area contributed by atoms with Gasteiger partial charge in [-0.3, -0.25) is 4.31 Å². The predicted molar refractivity (Wildman–Crippen MR) is 80.2 cm³/mol. The van der Waals surface area contributed by atoms with E-state index in [1.807, 2.05) is 0 Å². The highest BCUT2D eigenvalue weighted by molar-refractivity contribution is 7.93. The minimum absolute atomic E-state index is 0.0276. The molecule has 0 heterocycles. The van der Waals surface area contributed by atoms with Gasteiger partial charge in [0.2, 0.25) is 0 Å². The van der Waals surface area contributed by atoms with Crippen LogP contribution < -0.4 is 4.31 Å². The number of hydrogen-bond acceptors (Lipinski definition) is 3. The first-order valence-corrected chi connectivity index (χ1v) is 7.75. The fourth-order valence-electron chi connectivity index (χ4n) is 1.69. The highest BCUT2D eigenvalue weighted by Crippen LogP contribution is 2.33. The molecule has 0 spiro atoms. The van der Waals surface area contributed by atoms with Gasteiger partial charge in [0.1, 0.15) is 10.6 Å². The van der Waals surface area contributed by atoms with E-state index in [0.29, 0.717) is 5.02 Å². The first-order valence-electron chi connectivity index (χ1n) is 5.56. The Kier molecular flexibility index (Phi) is 4.13. The standard InChI is InChI=1S/C13H11Cl2NO3S/c1-16(11-4-2-3-5-12(11)17)20(18,19)13-7-6-9(14)8-10(13)15/h2-8,17H,1H3. The van der Waals surface area contributed by atoms with E-state index in [-0.39, 0.29) is 21.4 Å². The lowest BCUT2D eigenvalue weighted by Gasteiger charge is -2.21. The Balaban J connectivity index is 2.53. The average Bonchev–Trinajstić information content (AvgIpc) is 2.38. The second-order valence-corrected chi connectivity index (χ2v) is 6.82. The topological polar surface area (TPSA) is 57.6 Å². The lowest BCUT2D eigenvalue weighted by Crippen LogP contribution is -2.26. The molecule has 7 heteroatoms. The van der Waals surface area contributed by atoms with Crippen LogP contribution in [0.2, 0.25) is 10.0 Å². The monoisotopic (exact) mass is 331 g/mol. The number of benzene rings is 2. The van der Waals surface area contributed by atoms with E-state index in [1.165, 1.54) is 37.4 Å². The van der Waals surface area contributed by atoms with Crippen molar-refractivity contribution >= 4 is 38.9 Å². The van der Waals surface area contributed by atoms with Gasteiger partial charge in [-0.15, -0.1) is 0 Å². The third-order valence-electron chi connectivity index (χ3n) is 2.75. The van der Waals surface area contributed by atoms with Gasteiger partial charge in [-0.05, 0) is 30.3 Å². The fraction of sp³-hybridized carbons (Fsp3) is 0.0769. The summed E-state index contributed by atoms with van der Waals surface area (Å²) in [4.78, 5) is -0.0747. The largest absolute Gasteiger partial charge is 0.506 e. The van der Waals surface area contributed by atoms with Crippen LogP contribution >= 0.6 is 23.2 Å². The molecule has 0 aliphatic carbocycles. The van der Waals surface area contributed by atoms with Crippen molar-refractivity contribution in [1.82, 2.24) is 0 Å². The van der Waals surface area contributed by atoms with E-state index >= 15 is 0 Å². The van der Waals surface area contributed by atoms with Crippen LogP contribution in [-0.4, -0.2) is 20.6 Å². The summed E-state index contributed by atoms with van der Waals surface area (Å²) < 4.78 is 26.0. The maximum absolute atomic E-state index is 12.5. The van der Waals surface area contributed by atoms with E-state index in [4.69, 9.17) is 23.2 Å². The Labute approximate surface area is 127 Å². The molecule has 2 rings (SSSR count). The summed E-state index contributed by atoms with van der Waals surface area (Å²) in [7, 11) is -2.54. The van der Waals surface area contributed by atoms with E-state index in [2.05, 4.69) is 0 Å². The molecule has 0 aliphatic heterocycles. The minimum atomic E-state index is -3.88. The predicted octanol–water partition coefficient (Wildman–Crippen LogP) is 3.52. The van der Waals surface area contributed by atoms with Crippen molar-refractivity contribution in [2.75, 3.05) is 11.4 Å². The molecule has 20 heavy (non-hydrogen) atoms. The number of rotatable bonds is 3. The molecule has 0 aromatic heterocycles. The van der Waals surface area contributed by atoms with E-state index in [9.17, 15) is 13.5 Å². The van der Waals surface area contributed by atoms with Crippen LogP contribution in [0.5, 0.6) is 5.75 Å². The number of anilines is 1. The number of sulfonamides is 1. The number of nitrogens with zero attached hydrogens (tertiary/aromatic N) is 1.